The average Bonchev–Trinajstić information content (AvgIpc) is 2.48. The van der Waals surface area contributed by atoms with Gasteiger partial charge in [-0.15, -0.1) is 0 Å². The van der Waals surface area contributed by atoms with Crippen molar-refractivity contribution < 1.29 is 4.79 Å². The Morgan fingerprint density at radius 3 is 1.86 bits per heavy atom. The van der Waals surface area contributed by atoms with Crippen molar-refractivity contribution >= 4 is 5.91 Å². The molecule has 0 saturated carbocycles. The van der Waals surface area contributed by atoms with Crippen LogP contribution in [0.25, 0.3) is 0 Å². The summed E-state index contributed by atoms with van der Waals surface area (Å²) in [5, 5.41) is 2.87. The molecule has 6 nitrogen and oxygen atoms in total. The average molecular weight is 297 g/mol. The highest BCUT2D eigenvalue weighted by Gasteiger charge is 2.20. The standard InChI is InChI=1S/C15H31N5O/c1-3-16-15(21)14-20-12-10-19(11-13-20)9-8-18-6-4-17(2)5-7-18/h3-14H2,1-2H3,(H,16,21). The number of hydrogen-bond donors (Lipinski definition) is 1. The summed E-state index contributed by atoms with van der Waals surface area (Å²) in [5.41, 5.74) is 0. The zero-order valence-corrected chi connectivity index (χ0v) is 13.7. The lowest BCUT2D eigenvalue weighted by molar-refractivity contribution is -0.122. The largest absolute Gasteiger partial charge is 0.355 e. The maximum Gasteiger partial charge on any atom is 0.234 e. The molecule has 2 rings (SSSR count). The second-order valence-electron chi connectivity index (χ2n) is 6.22. The normalized spacial score (nSPS) is 23.3. The van der Waals surface area contributed by atoms with Gasteiger partial charge in [-0.3, -0.25) is 19.5 Å². The lowest BCUT2D eigenvalue weighted by Crippen LogP contribution is -2.52. The SMILES string of the molecule is CCNC(=O)CN1CCN(CCN2CCN(C)CC2)CC1. The number of hydrogen-bond acceptors (Lipinski definition) is 5. The van der Waals surface area contributed by atoms with Gasteiger partial charge >= 0.3 is 0 Å². The Hall–Kier alpha value is -0.690. The molecule has 0 atom stereocenters. The maximum absolute atomic E-state index is 11.6. The van der Waals surface area contributed by atoms with Crippen LogP contribution >= 0.6 is 0 Å². The van der Waals surface area contributed by atoms with Crippen molar-refractivity contribution in [1.29, 1.82) is 0 Å². The Kier molecular flexibility index (Phi) is 6.89. The molecule has 2 fully saturated rings. The van der Waals surface area contributed by atoms with Crippen molar-refractivity contribution in [2.24, 2.45) is 0 Å². The summed E-state index contributed by atoms with van der Waals surface area (Å²) in [4.78, 5) is 21.3. The van der Waals surface area contributed by atoms with Gasteiger partial charge in [0.15, 0.2) is 0 Å². The van der Waals surface area contributed by atoms with E-state index in [9.17, 15) is 4.79 Å². The molecule has 2 aliphatic rings. The Morgan fingerprint density at radius 2 is 1.33 bits per heavy atom. The van der Waals surface area contributed by atoms with Crippen molar-refractivity contribution in [1.82, 2.24) is 24.9 Å². The molecule has 0 aromatic rings. The second-order valence-corrected chi connectivity index (χ2v) is 6.22. The summed E-state index contributed by atoms with van der Waals surface area (Å²) < 4.78 is 0. The van der Waals surface area contributed by atoms with Gasteiger partial charge < -0.3 is 10.2 Å². The number of carbonyl (C=O) groups excluding carboxylic acids is 1. The van der Waals surface area contributed by atoms with Gasteiger partial charge in [0.2, 0.25) is 5.91 Å². The fraction of sp³-hybridized carbons (Fsp3) is 0.933. The number of nitrogens with one attached hydrogen (secondary N) is 1. The minimum atomic E-state index is 0.156. The first-order chi connectivity index (χ1) is 10.2. The predicted octanol–water partition coefficient (Wildman–Crippen LogP) is -1.01. The molecular weight excluding hydrogens is 266 g/mol. The molecule has 122 valence electrons. The van der Waals surface area contributed by atoms with E-state index < -0.39 is 0 Å². The van der Waals surface area contributed by atoms with Crippen LogP contribution in [0.5, 0.6) is 0 Å². The van der Waals surface area contributed by atoms with Crippen molar-refractivity contribution in [3.8, 4) is 0 Å². The van der Waals surface area contributed by atoms with Crippen LogP contribution < -0.4 is 5.32 Å². The van der Waals surface area contributed by atoms with Crippen LogP contribution in [0, 0.1) is 0 Å². The number of likely N-dealkylation sites (N-methyl/N-ethyl adjacent to an activating group) is 2. The van der Waals surface area contributed by atoms with E-state index in [1.165, 1.54) is 39.3 Å². The summed E-state index contributed by atoms with van der Waals surface area (Å²) in [6, 6.07) is 0. The highest BCUT2D eigenvalue weighted by atomic mass is 16.2. The highest BCUT2D eigenvalue weighted by Crippen LogP contribution is 2.03. The zero-order valence-electron chi connectivity index (χ0n) is 13.7. The van der Waals surface area contributed by atoms with Gasteiger partial charge in [-0.2, -0.15) is 0 Å². The number of amides is 1. The van der Waals surface area contributed by atoms with E-state index in [-0.39, 0.29) is 5.91 Å². The first kappa shape index (κ1) is 16.7. The molecule has 2 heterocycles. The molecule has 1 N–H and O–H groups in total. The molecule has 21 heavy (non-hydrogen) atoms. The number of rotatable bonds is 6. The van der Waals surface area contributed by atoms with Gasteiger partial charge in [0.25, 0.3) is 0 Å². The van der Waals surface area contributed by atoms with Gasteiger partial charge in [0.1, 0.15) is 0 Å². The lowest BCUT2D eigenvalue weighted by Gasteiger charge is -2.37. The van der Waals surface area contributed by atoms with Gasteiger partial charge in [0, 0.05) is 72.0 Å². The van der Waals surface area contributed by atoms with Gasteiger partial charge in [-0.25, -0.2) is 0 Å². The molecule has 2 saturated heterocycles. The van der Waals surface area contributed by atoms with E-state index in [0.29, 0.717) is 6.54 Å². The lowest BCUT2D eigenvalue weighted by atomic mass is 10.3. The number of nitrogens with zero attached hydrogens (tertiary/aromatic N) is 4. The quantitative estimate of drug-likeness (QED) is 0.680. The first-order valence-corrected chi connectivity index (χ1v) is 8.29. The Balaban J connectivity index is 1.57. The molecule has 0 bridgehead atoms. The van der Waals surface area contributed by atoms with Crippen LogP contribution in [-0.4, -0.2) is 111 Å². The summed E-state index contributed by atoms with van der Waals surface area (Å²) >= 11 is 0. The van der Waals surface area contributed by atoms with E-state index in [0.717, 1.165) is 32.7 Å². The second kappa shape index (κ2) is 8.68. The molecule has 6 heteroatoms. The van der Waals surface area contributed by atoms with Gasteiger partial charge in [0.05, 0.1) is 6.54 Å². The molecule has 0 radical (unpaired) electrons. The fourth-order valence-corrected chi connectivity index (χ4v) is 2.98. The minimum Gasteiger partial charge on any atom is -0.355 e. The maximum atomic E-state index is 11.6. The van der Waals surface area contributed by atoms with E-state index in [1.54, 1.807) is 0 Å². The molecule has 0 spiro atoms. The fourth-order valence-electron chi connectivity index (χ4n) is 2.98. The molecule has 2 aliphatic heterocycles. The Bertz CT molecular complexity index is 309. The third kappa shape index (κ3) is 5.90. The minimum absolute atomic E-state index is 0.156. The zero-order chi connectivity index (χ0) is 15.1. The highest BCUT2D eigenvalue weighted by molar-refractivity contribution is 5.77. The van der Waals surface area contributed by atoms with E-state index in [1.807, 2.05) is 6.92 Å². The van der Waals surface area contributed by atoms with Crippen LogP contribution in [0.1, 0.15) is 6.92 Å². The topological polar surface area (TPSA) is 42.1 Å². The van der Waals surface area contributed by atoms with Crippen molar-refractivity contribution in [2.45, 2.75) is 6.92 Å². The third-order valence-electron chi connectivity index (χ3n) is 4.53. The summed E-state index contributed by atoms with van der Waals surface area (Å²) in [6.45, 7) is 14.6. The first-order valence-electron chi connectivity index (χ1n) is 8.29. The summed E-state index contributed by atoms with van der Waals surface area (Å²) in [5.74, 6) is 0.156. The van der Waals surface area contributed by atoms with Crippen LogP contribution in [0.3, 0.4) is 0 Å². The van der Waals surface area contributed by atoms with Crippen molar-refractivity contribution in [2.75, 3.05) is 85.6 Å². The van der Waals surface area contributed by atoms with E-state index in [2.05, 4.69) is 32.0 Å². The van der Waals surface area contributed by atoms with Crippen molar-refractivity contribution in [3.05, 3.63) is 0 Å². The van der Waals surface area contributed by atoms with Crippen LogP contribution in [0.15, 0.2) is 0 Å². The molecule has 1 amide bonds. The third-order valence-corrected chi connectivity index (χ3v) is 4.53. The van der Waals surface area contributed by atoms with Crippen LogP contribution in [-0.2, 0) is 4.79 Å². The Morgan fingerprint density at radius 1 is 0.857 bits per heavy atom. The molecule has 0 aromatic heterocycles. The van der Waals surface area contributed by atoms with Crippen LogP contribution in [0.2, 0.25) is 0 Å². The Labute approximate surface area is 129 Å². The van der Waals surface area contributed by atoms with Crippen molar-refractivity contribution in [3.63, 3.8) is 0 Å². The molecule has 0 aromatic carbocycles. The smallest absolute Gasteiger partial charge is 0.234 e. The molecular formula is C15H31N5O. The van der Waals surface area contributed by atoms with E-state index >= 15 is 0 Å². The monoisotopic (exact) mass is 297 g/mol. The molecule has 0 aliphatic carbocycles. The van der Waals surface area contributed by atoms with Gasteiger partial charge in [-0.1, -0.05) is 0 Å². The summed E-state index contributed by atoms with van der Waals surface area (Å²) in [7, 11) is 2.20. The molecule has 0 unspecified atom stereocenters. The summed E-state index contributed by atoms with van der Waals surface area (Å²) in [6.07, 6.45) is 0. The number of carbonyl (C=O) groups is 1. The number of piperazine rings is 2. The van der Waals surface area contributed by atoms with Gasteiger partial charge in [-0.05, 0) is 14.0 Å². The van der Waals surface area contributed by atoms with Crippen LogP contribution in [0.4, 0.5) is 0 Å². The van der Waals surface area contributed by atoms with E-state index in [4.69, 9.17) is 0 Å². The predicted molar refractivity (Wildman–Crippen MR) is 85.5 cm³/mol.